The van der Waals surface area contributed by atoms with Crippen molar-refractivity contribution in [3.05, 3.63) is 59.7 Å². The molecule has 4 amide bonds. The second-order valence-corrected chi connectivity index (χ2v) is 33.0. The van der Waals surface area contributed by atoms with Crippen molar-refractivity contribution in [3.8, 4) is 0 Å². The molecule has 0 fully saturated rings. The Kier molecular flexibility index (Phi) is 78.8. The summed E-state index contributed by atoms with van der Waals surface area (Å²) < 4.78 is 71.2. The molecule has 8 atom stereocenters. The molecular formula is C86H158N4Na2O20P2. The van der Waals surface area contributed by atoms with Gasteiger partial charge in [0.25, 0.3) is 11.8 Å². The SMILES string of the molecule is CCCCCC/C=C\CCCC(=O)O[C@H](CCCCCCCCCCC)CC(=O)NC(COCC[C@@H](O)CCCCCCC)COP(=O)(O)OCCNC(=O)c1ccc(C(=O)NCCOP(=O)(O)OCC(COCC[C@H](O)CCCCCCC)NC(=O)C[C@@H](CCCCCCC)OC(=O)CCC/C=C/CCCCCC)cc1.[H-].[H-].[Na+].[Na+]. The fraction of sp³-hybridized carbons (Fsp3) is 0.814. The van der Waals surface area contributed by atoms with E-state index in [2.05, 4.69) is 87.1 Å². The molecule has 0 aliphatic rings. The number of carbonyl (C=O) groups excluding carboxylic acids is 6. The summed E-state index contributed by atoms with van der Waals surface area (Å²) in [6, 6.07) is 3.67. The van der Waals surface area contributed by atoms with E-state index in [1.165, 1.54) is 94.9 Å². The fourth-order valence-corrected chi connectivity index (χ4v) is 14.1. The molecule has 114 heavy (non-hydrogen) atoms. The van der Waals surface area contributed by atoms with Gasteiger partial charge < -0.3 is 63.1 Å². The maximum atomic E-state index is 13.8. The van der Waals surface area contributed by atoms with Crippen molar-refractivity contribution >= 4 is 51.2 Å². The maximum absolute atomic E-state index is 13.8. The number of unbranched alkanes of at least 4 members (excludes halogenated alkanes) is 30. The third-order valence-electron chi connectivity index (χ3n) is 19.4. The Morgan fingerprint density at radius 1 is 0.377 bits per heavy atom. The van der Waals surface area contributed by atoms with Gasteiger partial charge in [0, 0.05) is 50.3 Å². The second-order valence-electron chi connectivity index (χ2n) is 30.1. The Morgan fingerprint density at radius 3 is 0.991 bits per heavy atom. The van der Waals surface area contributed by atoms with Crippen LogP contribution in [0.25, 0.3) is 0 Å². The smallest absolute Gasteiger partial charge is 1.00 e. The van der Waals surface area contributed by atoms with Crippen LogP contribution in [0.1, 0.15) is 373 Å². The van der Waals surface area contributed by atoms with Crippen LogP contribution in [0.3, 0.4) is 0 Å². The first-order valence-electron chi connectivity index (χ1n) is 43.9. The van der Waals surface area contributed by atoms with Crippen LogP contribution < -0.4 is 80.4 Å². The van der Waals surface area contributed by atoms with Gasteiger partial charge >= 0.3 is 86.7 Å². The minimum atomic E-state index is -4.78. The average molecular weight is 1680 g/mol. The largest absolute Gasteiger partial charge is 1.00 e. The first kappa shape index (κ1) is 114. The van der Waals surface area contributed by atoms with E-state index >= 15 is 0 Å². The summed E-state index contributed by atoms with van der Waals surface area (Å²) >= 11 is 0. The van der Waals surface area contributed by atoms with Gasteiger partial charge in [-0.05, 0) is 127 Å². The van der Waals surface area contributed by atoms with Crippen LogP contribution in [0.15, 0.2) is 48.6 Å². The minimum absolute atomic E-state index is 0. The quantitative estimate of drug-likeness (QED) is 0.00987. The molecule has 0 aromatic heterocycles. The number of carbonyl (C=O) groups is 6. The summed E-state index contributed by atoms with van der Waals surface area (Å²) in [5, 5.41) is 32.1. The van der Waals surface area contributed by atoms with Crippen LogP contribution in [0.4, 0.5) is 0 Å². The zero-order valence-electron chi connectivity index (χ0n) is 74.3. The Morgan fingerprint density at radius 2 is 0.667 bits per heavy atom. The van der Waals surface area contributed by atoms with E-state index in [0.29, 0.717) is 51.4 Å². The predicted octanol–water partition coefficient (Wildman–Crippen LogP) is 13.2. The number of phosphoric acid groups is 2. The van der Waals surface area contributed by atoms with E-state index in [1.807, 2.05) is 0 Å². The van der Waals surface area contributed by atoms with Crippen molar-refractivity contribution in [2.24, 2.45) is 0 Å². The number of rotatable bonds is 80. The number of hydrogen-bond donors (Lipinski definition) is 8. The summed E-state index contributed by atoms with van der Waals surface area (Å²) in [4.78, 5) is 102. The van der Waals surface area contributed by atoms with E-state index in [9.17, 15) is 57.9 Å². The number of aliphatic hydroxyl groups is 2. The zero-order chi connectivity index (χ0) is 82.2. The Bertz CT molecular complexity index is 2690. The van der Waals surface area contributed by atoms with Crippen molar-refractivity contribution in [2.45, 2.75) is 386 Å². The van der Waals surface area contributed by atoms with Gasteiger partial charge in [0.1, 0.15) is 12.2 Å². The summed E-state index contributed by atoms with van der Waals surface area (Å²) in [5.74, 6) is -2.87. The van der Waals surface area contributed by atoms with Crippen molar-refractivity contribution in [3.63, 3.8) is 0 Å². The van der Waals surface area contributed by atoms with Crippen LogP contribution >= 0.6 is 15.6 Å². The molecule has 0 radical (unpaired) electrons. The molecule has 1 rings (SSSR count). The summed E-state index contributed by atoms with van der Waals surface area (Å²) in [6.45, 7) is 10.7. The van der Waals surface area contributed by atoms with Gasteiger partial charge in [0.05, 0.1) is 76.8 Å². The van der Waals surface area contributed by atoms with E-state index < -0.39 is 102 Å². The molecule has 1 aromatic rings. The number of phosphoric ester groups is 2. The van der Waals surface area contributed by atoms with Gasteiger partial charge in [-0.25, -0.2) is 9.13 Å². The molecule has 0 saturated carbocycles. The van der Waals surface area contributed by atoms with E-state index in [1.54, 1.807) is 0 Å². The number of hydrogen-bond acceptors (Lipinski definition) is 18. The molecule has 0 aliphatic carbocycles. The number of benzene rings is 1. The van der Waals surface area contributed by atoms with Gasteiger partial charge in [-0.3, -0.25) is 46.9 Å². The molecule has 0 bridgehead atoms. The Hall–Kier alpha value is -2.42. The van der Waals surface area contributed by atoms with E-state index in [-0.39, 0.29) is 150 Å². The van der Waals surface area contributed by atoms with Crippen LogP contribution in [0.5, 0.6) is 0 Å². The van der Waals surface area contributed by atoms with Crippen molar-refractivity contribution in [2.75, 3.05) is 65.9 Å². The van der Waals surface area contributed by atoms with Gasteiger partial charge in [0.15, 0.2) is 0 Å². The predicted molar refractivity (Wildman–Crippen MR) is 448 cm³/mol. The molecule has 0 aliphatic heterocycles. The second kappa shape index (κ2) is 79.1. The summed E-state index contributed by atoms with van der Waals surface area (Å²) in [5.41, 5.74) is 0.288. The average Bonchev–Trinajstić information content (AvgIpc) is 0.889. The number of esters is 2. The number of amides is 4. The first-order chi connectivity index (χ1) is 54.2. The zero-order valence-corrected chi connectivity index (χ0v) is 78.1. The first-order valence-corrected chi connectivity index (χ1v) is 46.9. The van der Waals surface area contributed by atoms with Crippen LogP contribution in [-0.4, -0.2) is 158 Å². The van der Waals surface area contributed by atoms with Gasteiger partial charge in [-0.2, -0.15) is 0 Å². The molecule has 28 heteroatoms. The van der Waals surface area contributed by atoms with Crippen LogP contribution in [-0.2, 0) is 65.4 Å². The fourth-order valence-electron chi connectivity index (χ4n) is 12.6. The molecule has 0 saturated heterocycles. The molecule has 1 aromatic carbocycles. The Labute approximate surface area is 735 Å². The van der Waals surface area contributed by atoms with Gasteiger partial charge in [-0.15, -0.1) is 0 Å². The van der Waals surface area contributed by atoms with Crippen LogP contribution in [0.2, 0.25) is 0 Å². The minimum Gasteiger partial charge on any atom is -1.00 e. The number of nitrogens with one attached hydrogen (secondary N) is 4. The number of aliphatic hydroxyl groups excluding tert-OH is 2. The van der Waals surface area contributed by atoms with Crippen LogP contribution in [0, 0.1) is 0 Å². The molecular weight excluding hydrogens is 1520 g/mol. The van der Waals surface area contributed by atoms with Crippen molar-refractivity contribution in [1.82, 2.24) is 21.3 Å². The maximum Gasteiger partial charge on any atom is 1.00 e. The molecule has 24 nitrogen and oxygen atoms in total. The van der Waals surface area contributed by atoms with Gasteiger partial charge in [0.2, 0.25) is 11.8 Å². The molecule has 4 unspecified atom stereocenters. The number of ether oxygens (including phenoxy) is 4. The Balaban J connectivity index is -0.0000157. The third kappa shape index (κ3) is 70.3. The molecule has 654 valence electrons. The summed E-state index contributed by atoms with van der Waals surface area (Å²) in [6.07, 6.45) is 48.8. The normalized spacial score (nSPS) is 14.2. The summed E-state index contributed by atoms with van der Waals surface area (Å²) in [7, 11) is -9.56. The van der Waals surface area contributed by atoms with E-state index in [0.717, 1.165) is 161 Å². The molecule has 8 N–H and O–H groups in total. The third-order valence-corrected chi connectivity index (χ3v) is 21.3. The number of allylic oxidation sites excluding steroid dienone is 4. The van der Waals surface area contributed by atoms with Crippen molar-refractivity contribution < 1.29 is 157 Å². The van der Waals surface area contributed by atoms with Crippen molar-refractivity contribution in [1.29, 1.82) is 0 Å². The molecule has 0 heterocycles. The topological polar surface area (TPSA) is 339 Å². The van der Waals surface area contributed by atoms with Gasteiger partial charge in [-0.1, -0.05) is 246 Å². The standard InChI is InChI=1S/C86H156N4O20P2.2Na.2H/c1-7-13-19-25-28-31-34-40-46-52-80(110-84(96)54-48-42-36-33-30-27-21-15-9-3)68-82(94)90-76(70-104-64-60-78(92)50-44-38-23-17-11-5)72-108-112(101,102)106-66-62-88-86(98)74-57-55-73(56-58-74)85(97)87-61-65-105-111(99,100)107-71-75(69-103-63-59-77(91)49-43-37-22-16-10-4)89-81(93)67-79(51-45-39-24-18-12-6)109-83(95)53-47-41-35-32-29-26-20-14-8-2;;;;/h32-33,35-36,55-58,75-80,91-92H,7-31,34,37-54,59-72H2,1-6H3,(H,87,97)(H,88,98)(H,89,93)(H,90,94)(H,99,100)(H,101,102);;;;/q;2*+1;2*-1/b35-32+,36-33-;;;;/t75?,76?,77-,78+,79-,80-;;;;/m1..../s1. The monoisotopic (exact) mass is 1680 g/mol. The van der Waals surface area contributed by atoms with E-state index in [4.69, 9.17) is 37.0 Å². The molecule has 0 spiro atoms.